The Morgan fingerprint density at radius 2 is 1.05 bits per heavy atom. The topological polar surface area (TPSA) is 38.2 Å². The summed E-state index contributed by atoms with van der Waals surface area (Å²) in [6.45, 7) is 12.3. The third-order valence-electron chi connectivity index (χ3n) is 12.0. The summed E-state index contributed by atoms with van der Waals surface area (Å²) in [7, 11) is 0. The zero-order chi connectivity index (χ0) is 41.5. The van der Waals surface area contributed by atoms with Crippen molar-refractivity contribution in [3.8, 4) is 47.5 Å². The zero-order valence-corrected chi connectivity index (χ0v) is 39.7. The molecular formula is C52H65N3OS4. The van der Waals surface area contributed by atoms with Crippen LogP contribution in [0.3, 0.4) is 0 Å². The summed E-state index contributed by atoms with van der Waals surface area (Å²) in [6, 6.07) is 31.8. The Morgan fingerprint density at radius 1 is 0.517 bits per heavy atom. The molecule has 0 aliphatic heterocycles. The molecule has 1 unspecified atom stereocenters. The number of hydrogen-bond donors (Lipinski definition) is 0. The van der Waals surface area contributed by atoms with Crippen molar-refractivity contribution >= 4 is 71.9 Å². The van der Waals surface area contributed by atoms with E-state index in [1.807, 2.05) is 34.0 Å². The Bertz CT molecular complexity index is 2270. The summed E-state index contributed by atoms with van der Waals surface area (Å²) in [5.74, 6) is 1.58. The smallest absolute Gasteiger partial charge is 0.119 e. The summed E-state index contributed by atoms with van der Waals surface area (Å²) < 4.78 is 18.5. The van der Waals surface area contributed by atoms with Crippen LogP contribution in [0.4, 0.5) is 5.69 Å². The van der Waals surface area contributed by atoms with Crippen LogP contribution in [-0.2, 0) is 0 Å². The molecule has 8 heteroatoms. The summed E-state index contributed by atoms with van der Waals surface area (Å²) in [5.41, 5.74) is 8.21. The fourth-order valence-corrected chi connectivity index (χ4v) is 12.3. The standard InChI is InChI=1S/C52H65N3OS4/c1-5-9-12-14-16-18-33-55(34-19-17-15-13-10-6-2)41-25-21-40(22-26-41)47-35-49-50(58-47)36-48(59-49)44-30-29-43(51-52(44)54-60-53-51)46-32-31-45(57-46)39-23-27-42(28-24-39)56-37-38(8-4)20-11-7-3/h21-32,35-36,38H,5-20,33-34,37H2,1-4H3. The predicted octanol–water partition coefficient (Wildman–Crippen LogP) is 17.8. The van der Waals surface area contributed by atoms with Gasteiger partial charge in [0.05, 0.1) is 18.3 Å². The molecule has 4 nitrogen and oxygen atoms in total. The molecule has 7 rings (SSSR count). The van der Waals surface area contributed by atoms with Crippen LogP contribution < -0.4 is 9.64 Å². The van der Waals surface area contributed by atoms with E-state index in [1.165, 1.54) is 179 Å². The molecule has 1 atom stereocenters. The van der Waals surface area contributed by atoms with Crippen molar-refractivity contribution in [2.45, 2.75) is 130 Å². The summed E-state index contributed by atoms with van der Waals surface area (Å²) in [5, 5.41) is 0. The predicted molar refractivity (Wildman–Crippen MR) is 268 cm³/mol. The molecule has 4 aromatic heterocycles. The van der Waals surface area contributed by atoms with Gasteiger partial charge in [0.25, 0.3) is 0 Å². The Labute approximate surface area is 376 Å². The van der Waals surface area contributed by atoms with Crippen molar-refractivity contribution in [2.75, 3.05) is 24.6 Å². The number of ether oxygens (including phenoxy) is 1. The van der Waals surface area contributed by atoms with Gasteiger partial charge in [0.2, 0.25) is 0 Å². The van der Waals surface area contributed by atoms with Crippen LogP contribution in [0.15, 0.2) is 84.9 Å². The third-order valence-corrected chi connectivity index (χ3v) is 16.1. The molecule has 0 aliphatic carbocycles. The van der Waals surface area contributed by atoms with Crippen molar-refractivity contribution in [3.63, 3.8) is 0 Å². The van der Waals surface area contributed by atoms with Gasteiger partial charge in [0.1, 0.15) is 16.8 Å². The number of fused-ring (bicyclic) bond motifs is 2. The normalized spacial score (nSPS) is 12.2. The first kappa shape index (κ1) is 44.5. The van der Waals surface area contributed by atoms with Crippen LogP contribution in [0.5, 0.6) is 5.75 Å². The van der Waals surface area contributed by atoms with Crippen molar-refractivity contribution < 1.29 is 4.74 Å². The molecule has 0 aliphatic rings. The van der Waals surface area contributed by atoms with E-state index in [0.717, 1.165) is 29.0 Å². The molecule has 3 aromatic carbocycles. The van der Waals surface area contributed by atoms with E-state index >= 15 is 0 Å². The first-order valence-electron chi connectivity index (χ1n) is 23.1. The van der Waals surface area contributed by atoms with Crippen LogP contribution in [0.1, 0.15) is 130 Å². The Hall–Kier alpha value is -3.56. The van der Waals surface area contributed by atoms with E-state index in [4.69, 9.17) is 13.5 Å². The molecule has 0 saturated heterocycles. The van der Waals surface area contributed by atoms with Gasteiger partial charge in [0.15, 0.2) is 0 Å². The average Bonchev–Trinajstić information content (AvgIpc) is 4.11. The highest BCUT2D eigenvalue weighted by molar-refractivity contribution is 7.31. The number of rotatable bonds is 26. The molecule has 0 bridgehead atoms. The number of aromatic nitrogens is 2. The highest BCUT2D eigenvalue weighted by atomic mass is 32.1. The Morgan fingerprint density at radius 3 is 1.68 bits per heavy atom. The molecule has 4 heterocycles. The average molecular weight is 876 g/mol. The van der Waals surface area contributed by atoms with E-state index in [1.54, 1.807) is 0 Å². The molecule has 7 aromatic rings. The number of benzene rings is 3. The Kier molecular flexibility index (Phi) is 17.1. The molecular weight excluding hydrogens is 811 g/mol. The monoisotopic (exact) mass is 875 g/mol. The quantitative estimate of drug-likeness (QED) is 0.0508. The van der Waals surface area contributed by atoms with Gasteiger partial charge >= 0.3 is 0 Å². The summed E-state index contributed by atoms with van der Waals surface area (Å²) in [4.78, 5) is 7.71. The number of thiophene rings is 3. The fourth-order valence-electron chi connectivity index (χ4n) is 8.21. The van der Waals surface area contributed by atoms with Gasteiger partial charge in [-0.05, 0) is 97.0 Å². The SMILES string of the molecule is CCCCCCCCN(CCCCCCCC)c1ccc(-c2cc3sc(-c4ccc(-c5ccc(-c6ccc(OCC(CC)CCCC)cc6)s5)c5nsnc45)cc3s2)cc1. The summed E-state index contributed by atoms with van der Waals surface area (Å²) in [6.07, 6.45) is 21.0. The third kappa shape index (κ3) is 11.7. The van der Waals surface area contributed by atoms with Gasteiger partial charge < -0.3 is 9.64 Å². The number of unbranched alkanes of at least 4 members (excludes halogenated alkanes) is 11. The van der Waals surface area contributed by atoms with Crippen LogP contribution in [-0.4, -0.2) is 28.4 Å². The summed E-state index contributed by atoms with van der Waals surface area (Å²) >= 11 is 6.89. The zero-order valence-electron chi connectivity index (χ0n) is 36.5. The van der Waals surface area contributed by atoms with E-state index < -0.39 is 0 Å². The first-order valence-corrected chi connectivity index (χ1v) is 26.2. The van der Waals surface area contributed by atoms with Crippen molar-refractivity contribution in [1.82, 2.24) is 8.75 Å². The minimum atomic E-state index is 0.626. The lowest BCUT2D eigenvalue weighted by molar-refractivity contribution is 0.233. The second kappa shape index (κ2) is 23.0. The fraction of sp³-hybridized carbons (Fsp3) is 0.462. The molecule has 0 radical (unpaired) electrons. The number of nitrogens with zero attached hydrogens (tertiary/aromatic N) is 3. The molecule has 60 heavy (non-hydrogen) atoms. The van der Waals surface area contributed by atoms with Crippen molar-refractivity contribution in [3.05, 3.63) is 84.9 Å². The molecule has 0 spiro atoms. The van der Waals surface area contributed by atoms with E-state index in [9.17, 15) is 0 Å². The van der Waals surface area contributed by atoms with Gasteiger partial charge in [-0.1, -0.05) is 135 Å². The van der Waals surface area contributed by atoms with E-state index in [0.29, 0.717) is 5.92 Å². The van der Waals surface area contributed by atoms with Crippen LogP contribution in [0.2, 0.25) is 0 Å². The second-order valence-electron chi connectivity index (χ2n) is 16.6. The van der Waals surface area contributed by atoms with Gasteiger partial charge in [-0.2, -0.15) is 8.75 Å². The minimum absolute atomic E-state index is 0.626. The first-order chi connectivity index (χ1) is 29.6. The number of anilines is 1. The van der Waals surface area contributed by atoms with Gasteiger partial charge in [-0.25, -0.2) is 0 Å². The van der Waals surface area contributed by atoms with Crippen LogP contribution in [0, 0.1) is 5.92 Å². The van der Waals surface area contributed by atoms with E-state index in [-0.39, 0.29) is 0 Å². The maximum absolute atomic E-state index is 6.19. The van der Waals surface area contributed by atoms with Gasteiger partial charge in [-0.3, -0.25) is 0 Å². The highest BCUT2D eigenvalue weighted by Gasteiger charge is 2.18. The highest BCUT2D eigenvalue weighted by Crippen LogP contribution is 2.45. The molecule has 0 amide bonds. The van der Waals surface area contributed by atoms with Gasteiger partial charge in [-0.15, -0.1) is 34.0 Å². The van der Waals surface area contributed by atoms with E-state index in [2.05, 4.69) is 118 Å². The lowest BCUT2D eigenvalue weighted by Crippen LogP contribution is -2.25. The minimum Gasteiger partial charge on any atom is -0.493 e. The molecule has 0 saturated carbocycles. The van der Waals surface area contributed by atoms with Gasteiger partial charge in [0, 0.05) is 58.8 Å². The molecule has 318 valence electrons. The maximum Gasteiger partial charge on any atom is 0.119 e. The van der Waals surface area contributed by atoms with Crippen LogP contribution in [0.25, 0.3) is 62.2 Å². The maximum atomic E-state index is 6.19. The lowest BCUT2D eigenvalue weighted by atomic mass is 10.0. The van der Waals surface area contributed by atoms with Crippen molar-refractivity contribution in [2.24, 2.45) is 5.92 Å². The molecule has 0 N–H and O–H groups in total. The Balaban J connectivity index is 1.01. The van der Waals surface area contributed by atoms with Crippen molar-refractivity contribution in [1.29, 1.82) is 0 Å². The molecule has 0 fully saturated rings. The largest absolute Gasteiger partial charge is 0.493 e. The lowest BCUT2D eigenvalue weighted by Gasteiger charge is -2.25. The number of hydrogen-bond acceptors (Lipinski definition) is 8. The second-order valence-corrected chi connectivity index (χ2v) is 20.3. The van der Waals surface area contributed by atoms with Crippen LogP contribution >= 0.6 is 45.7 Å².